The summed E-state index contributed by atoms with van der Waals surface area (Å²) in [5, 5.41) is 9.12. The van der Waals surface area contributed by atoms with E-state index in [1.165, 1.54) is 0 Å². The van der Waals surface area contributed by atoms with Crippen LogP contribution in [-0.4, -0.2) is 62.0 Å². The van der Waals surface area contributed by atoms with Gasteiger partial charge in [0.25, 0.3) is 5.91 Å². The van der Waals surface area contributed by atoms with Crippen molar-refractivity contribution in [2.45, 2.75) is 64.0 Å². The topological polar surface area (TPSA) is 90.9 Å². The van der Waals surface area contributed by atoms with Gasteiger partial charge in [-0.25, -0.2) is 9.78 Å². The van der Waals surface area contributed by atoms with E-state index in [0.717, 1.165) is 60.1 Å². The van der Waals surface area contributed by atoms with Crippen molar-refractivity contribution in [3.8, 4) is 28.5 Å². The number of hydrogen-bond donors (Lipinski definition) is 0. The van der Waals surface area contributed by atoms with E-state index in [9.17, 15) is 9.59 Å². The number of hydrogen-bond acceptors (Lipinski definition) is 5. The Bertz CT molecular complexity index is 1680. The molecular weight excluding hydrogens is 538 g/mol. The predicted molar refractivity (Wildman–Crippen MR) is 165 cm³/mol. The average molecular weight is 576 g/mol. The lowest BCUT2D eigenvalue weighted by Crippen LogP contribution is -2.60. The number of imidazole rings is 1. The van der Waals surface area contributed by atoms with Gasteiger partial charge in [-0.05, 0) is 100 Å². The Balaban J connectivity index is 1.15. The van der Waals surface area contributed by atoms with Gasteiger partial charge in [-0.3, -0.25) is 9.20 Å². The van der Waals surface area contributed by atoms with Crippen LogP contribution in [0.2, 0.25) is 0 Å². The molecule has 2 aliphatic rings. The minimum absolute atomic E-state index is 0.0224. The second-order valence-corrected chi connectivity index (χ2v) is 12.7. The molecule has 220 valence electrons. The number of pyridine rings is 1. The standard InChI is InChI=1S/C35H37N5O3/c1-34(2,3)43-33(42)40-19-5-4-16-35(40)17-20-38(21-18-35)32(41)28-12-10-26(11-13-28)29-14-15-31-37-23-30(39(31)24-29)27-8-6-25(22-36)7-9-27/h6-15,23-24H,4-5,16-21H2,1-3H3. The lowest BCUT2D eigenvalue weighted by molar-refractivity contribution is -0.0339. The quantitative estimate of drug-likeness (QED) is 0.264. The van der Waals surface area contributed by atoms with Gasteiger partial charge in [0.1, 0.15) is 11.2 Å². The number of carbonyl (C=O) groups is 2. The van der Waals surface area contributed by atoms with E-state index in [2.05, 4.69) is 17.3 Å². The van der Waals surface area contributed by atoms with Crippen molar-refractivity contribution >= 4 is 17.6 Å². The molecule has 0 saturated carbocycles. The maximum Gasteiger partial charge on any atom is 0.410 e. The van der Waals surface area contributed by atoms with E-state index in [4.69, 9.17) is 10.00 Å². The minimum Gasteiger partial charge on any atom is -0.444 e. The van der Waals surface area contributed by atoms with Crippen LogP contribution in [0.3, 0.4) is 0 Å². The fourth-order valence-electron chi connectivity index (χ4n) is 6.41. The van der Waals surface area contributed by atoms with Crippen molar-refractivity contribution < 1.29 is 14.3 Å². The number of likely N-dealkylation sites (tertiary alicyclic amines) is 2. The number of piperidine rings is 2. The molecule has 2 fully saturated rings. The third kappa shape index (κ3) is 5.72. The number of nitrogens with zero attached hydrogens (tertiary/aromatic N) is 5. The number of benzene rings is 2. The van der Waals surface area contributed by atoms with Crippen LogP contribution in [-0.2, 0) is 4.74 Å². The maximum atomic E-state index is 13.5. The monoisotopic (exact) mass is 575 g/mol. The van der Waals surface area contributed by atoms with Crippen LogP contribution in [0.25, 0.3) is 28.0 Å². The van der Waals surface area contributed by atoms with Crippen LogP contribution in [0.5, 0.6) is 0 Å². The molecule has 43 heavy (non-hydrogen) atoms. The van der Waals surface area contributed by atoms with E-state index in [-0.39, 0.29) is 17.5 Å². The molecule has 2 saturated heterocycles. The van der Waals surface area contributed by atoms with E-state index >= 15 is 0 Å². The summed E-state index contributed by atoms with van der Waals surface area (Å²) in [6.07, 6.45) is 8.22. The highest BCUT2D eigenvalue weighted by molar-refractivity contribution is 5.95. The van der Waals surface area contributed by atoms with Gasteiger partial charge in [0.05, 0.1) is 23.5 Å². The van der Waals surface area contributed by atoms with Crippen molar-refractivity contribution in [2.75, 3.05) is 19.6 Å². The molecule has 0 N–H and O–H groups in total. The fraction of sp³-hybridized carbons (Fsp3) is 0.371. The summed E-state index contributed by atoms with van der Waals surface area (Å²) in [4.78, 5) is 35.0. The molecule has 2 amide bonds. The molecule has 0 aliphatic carbocycles. The Hall–Kier alpha value is -4.64. The second-order valence-electron chi connectivity index (χ2n) is 12.7. The molecule has 2 aromatic heterocycles. The zero-order valence-corrected chi connectivity index (χ0v) is 25.0. The molecule has 0 atom stereocenters. The summed E-state index contributed by atoms with van der Waals surface area (Å²) in [7, 11) is 0. The summed E-state index contributed by atoms with van der Waals surface area (Å²) >= 11 is 0. The van der Waals surface area contributed by atoms with Crippen LogP contribution >= 0.6 is 0 Å². The number of rotatable bonds is 3. The first-order valence-electron chi connectivity index (χ1n) is 15.0. The SMILES string of the molecule is CC(C)(C)OC(=O)N1CCCCC12CCN(C(=O)c1ccc(-c3ccc4ncc(-c5ccc(C#N)cc5)n4c3)cc1)CC2. The van der Waals surface area contributed by atoms with Crippen LogP contribution in [0.4, 0.5) is 4.79 Å². The summed E-state index contributed by atoms with van der Waals surface area (Å²) in [5.74, 6) is 0.0224. The van der Waals surface area contributed by atoms with E-state index in [1.54, 1.807) is 0 Å². The zero-order valence-electron chi connectivity index (χ0n) is 25.0. The van der Waals surface area contributed by atoms with E-state index in [0.29, 0.717) is 30.8 Å². The molecule has 4 heterocycles. The number of ether oxygens (including phenoxy) is 1. The molecule has 2 aromatic carbocycles. The molecule has 0 bridgehead atoms. The normalized spacial score (nSPS) is 16.7. The van der Waals surface area contributed by atoms with Crippen molar-refractivity contribution in [1.29, 1.82) is 5.26 Å². The summed E-state index contributed by atoms with van der Waals surface area (Å²) < 4.78 is 7.79. The Kier molecular flexibility index (Phi) is 7.43. The second kappa shape index (κ2) is 11.2. The summed E-state index contributed by atoms with van der Waals surface area (Å²) in [6, 6.07) is 21.4. The molecule has 6 rings (SSSR count). The number of aromatic nitrogens is 2. The van der Waals surface area contributed by atoms with Crippen LogP contribution in [0.1, 0.15) is 68.8 Å². The number of fused-ring (bicyclic) bond motifs is 1. The fourth-order valence-corrected chi connectivity index (χ4v) is 6.41. The third-order valence-corrected chi connectivity index (χ3v) is 8.72. The predicted octanol–water partition coefficient (Wildman–Crippen LogP) is 6.94. The highest BCUT2D eigenvalue weighted by atomic mass is 16.6. The van der Waals surface area contributed by atoms with Gasteiger partial charge in [-0.1, -0.05) is 24.3 Å². The van der Waals surface area contributed by atoms with Gasteiger partial charge in [0, 0.05) is 42.5 Å². The van der Waals surface area contributed by atoms with Gasteiger partial charge >= 0.3 is 6.09 Å². The number of nitriles is 1. The largest absolute Gasteiger partial charge is 0.444 e. The molecule has 8 nitrogen and oxygen atoms in total. The molecular formula is C35H37N5O3. The summed E-state index contributed by atoms with van der Waals surface area (Å²) in [6.45, 7) is 7.66. The van der Waals surface area contributed by atoms with Crippen molar-refractivity contribution in [3.05, 3.63) is 84.2 Å². The van der Waals surface area contributed by atoms with Gasteiger partial charge in [-0.2, -0.15) is 5.26 Å². The van der Waals surface area contributed by atoms with Gasteiger partial charge in [-0.15, -0.1) is 0 Å². The lowest BCUT2D eigenvalue weighted by atomic mass is 9.78. The van der Waals surface area contributed by atoms with Gasteiger partial charge < -0.3 is 14.5 Å². The maximum absolute atomic E-state index is 13.5. The Morgan fingerprint density at radius 2 is 1.53 bits per heavy atom. The van der Waals surface area contributed by atoms with Crippen molar-refractivity contribution in [2.24, 2.45) is 0 Å². The Labute approximate surface area is 252 Å². The van der Waals surface area contributed by atoms with Gasteiger partial charge in [0.15, 0.2) is 0 Å². The van der Waals surface area contributed by atoms with E-state index in [1.807, 2.05) is 102 Å². The molecule has 1 spiro atoms. The Morgan fingerprint density at radius 3 is 2.21 bits per heavy atom. The first-order chi connectivity index (χ1) is 20.7. The molecule has 8 heteroatoms. The number of carbonyl (C=O) groups excluding carboxylic acids is 2. The van der Waals surface area contributed by atoms with Crippen molar-refractivity contribution in [1.82, 2.24) is 19.2 Å². The van der Waals surface area contributed by atoms with Crippen LogP contribution in [0.15, 0.2) is 73.1 Å². The van der Waals surface area contributed by atoms with Gasteiger partial charge in [0.2, 0.25) is 0 Å². The number of amides is 2. The summed E-state index contributed by atoms with van der Waals surface area (Å²) in [5.41, 5.74) is 5.29. The highest BCUT2D eigenvalue weighted by Gasteiger charge is 2.45. The van der Waals surface area contributed by atoms with Crippen LogP contribution < -0.4 is 0 Å². The zero-order chi connectivity index (χ0) is 30.2. The first-order valence-corrected chi connectivity index (χ1v) is 15.0. The third-order valence-electron chi connectivity index (χ3n) is 8.72. The Morgan fingerprint density at radius 1 is 0.860 bits per heavy atom. The van der Waals surface area contributed by atoms with Crippen molar-refractivity contribution in [3.63, 3.8) is 0 Å². The molecule has 0 unspecified atom stereocenters. The first kappa shape index (κ1) is 28.5. The highest BCUT2D eigenvalue weighted by Crippen LogP contribution is 2.38. The molecule has 4 aromatic rings. The van der Waals surface area contributed by atoms with Crippen LogP contribution in [0, 0.1) is 11.3 Å². The minimum atomic E-state index is -0.531. The van der Waals surface area contributed by atoms with E-state index < -0.39 is 5.60 Å². The smallest absolute Gasteiger partial charge is 0.410 e. The average Bonchev–Trinajstić information content (AvgIpc) is 3.44. The molecule has 0 radical (unpaired) electrons. The molecule has 2 aliphatic heterocycles. The lowest BCUT2D eigenvalue weighted by Gasteiger charge is -2.51.